The molecule has 1 heterocycles. The molecule has 1 aromatic carbocycles. The summed E-state index contributed by atoms with van der Waals surface area (Å²) in [5, 5.41) is 5.60. The second kappa shape index (κ2) is 10.4. The van der Waals surface area contributed by atoms with Crippen molar-refractivity contribution in [2.24, 2.45) is 0 Å². The lowest BCUT2D eigenvalue weighted by Gasteiger charge is -2.19. The predicted molar refractivity (Wildman–Crippen MR) is 112 cm³/mol. The van der Waals surface area contributed by atoms with Crippen LogP contribution in [0.15, 0.2) is 24.3 Å². The Morgan fingerprint density at radius 3 is 2.57 bits per heavy atom. The summed E-state index contributed by atoms with van der Waals surface area (Å²) in [7, 11) is 0. The van der Waals surface area contributed by atoms with Crippen LogP contribution in [0.4, 0.5) is 22.4 Å². The topological polar surface area (TPSA) is 141 Å². The number of rotatable bonds is 8. The van der Waals surface area contributed by atoms with Crippen LogP contribution in [0.25, 0.3) is 0 Å². The van der Waals surface area contributed by atoms with Gasteiger partial charge in [-0.3, -0.25) is 4.79 Å². The van der Waals surface area contributed by atoms with Crippen LogP contribution in [-0.2, 0) is 27.3 Å². The lowest BCUT2D eigenvalue weighted by atomic mass is 10.1. The van der Waals surface area contributed by atoms with Gasteiger partial charge in [0.2, 0.25) is 11.9 Å². The Morgan fingerprint density at radius 2 is 1.87 bits per heavy atom. The number of hydrogen-bond acceptors (Lipinski definition) is 9. The molecule has 0 spiro atoms. The van der Waals surface area contributed by atoms with E-state index in [1.807, 2.05) is 31.2 Å². The SMILES string of the molecule is CCc1ccccc1Nc1nc(N)nc(COC(=O)CCNC(=O)OC(C)(C)C)n1. The van der Waals surface area contributed by atoms with Gasteiger partial charge in [0.1, 0.15) is 5.60 Å². The molecule has 2 aromatic rings. The molecule has 0 bridgehead atoms. The fourth-order valence-electron chi connectivity index (χ4n) is 2.43. The molecule has 162 valence electrons. The molecule has 4 N–H and O–H groups in total. The van der Waals surface area contributed by atoms with Crippen molar-refractivity contribution < 1.29 is 19.1 Å². The zero-order valence-electron chi connectivity index (χ0n) is 17.7. The first-order valence-electron chi connectivity index (χ1n) is 9.64. The lowest BCUT2D eigenvalue weighted by Crippen LogP contribution is -2.33. The van der Waals surface area contributed by atoms with E-state index < -0.39 is 17.7 Å². The summed E-state index contributed by atoms with van der Waals surface area (Å²) in [5.41, 5.74) is 7.11. The van der Waals surface area contributed by atoms with Crippen molar-refractivity contribution in [3.05, 3.63) is 35.7 Å². The summed E-state index contributed by atoms with van der Waals surface area (Å²) in [6, 6.07) is 7.77. The molecule has 0 atom stereocenters. The molecule has 0 fully saturated rings. The Kier molecular flexibility index (Phi) is 7.90. The third-order valence-electron chi connectivity index (χ3n) is 3.70. The van der Waals surface area contributed by atoms with Crippen LogP contribution in [0.3, 0.4) is 0 Å². The average Bonchev–Trinajstić information content (AvgIpc) is 2.65. The number of alkyl carbamates (subject to hydrolysis) is 1. The fourth-order valence-corrected chi connectivity index (χ4v) is 2.43. The Balaban J connectivity index is 1.87. The number of nitrogens with one attached hydrogen (secondary N) is 2. The minimum atomic E-state index is -0.605. The highest BCUT2D eigenvalue weighted by Crippen LogP contribution is 2.19. The molecule has 10 nitrogen and oxygen atoms in total. The van der Waals surface area contributed by atoms with E-state index in [1.54, 1.807) is 20.8 Å². The number of ether oxygens (including phenoxy) is 2. The maximum Gasteiger partial charge on any atom is 0.407 e. The fraction of sp³-hybridized carbons (Fsp3) is 0.450. The normalized spacial score (nSPS) is 10.9. The van der Waals surface area contributed by atoms with Crippen molar-refractivity contribution in [1.29, 1.82) is 0 Å². The molecule has 1 aromatic heterocycles. The number of hydrogen-bond donors (Lipinski definition) is 3. The largest absolute Gasteiger partial charge is 0.457 e. The quantitative estimate of drug-likeness (QED) is 0.554. The van der Waals surface area contributed by atoms with E-state index in [2.05, 4.69) is 25.6 Å². The number of aromatic nitrogens is 3. The van der Waals surface area contributed by atoms with Gasteiger partial charge in [0, 0.05) is 12.2 Å². The van der Waals surface area contributed by atoms with E-state index in [1.165, 1.54) is 0 Å². The van der Waals surface area contributed by atoms with Gasteiger partial charge in [-0.05, 0) is 38.8 Å². The summed E-state index contributed by atoms with van der Waals surface area (Å²) in [6.07, 6.45) is 0.226. The number of carbonyl (C=O) groups is 2. The molecule has 10 heteroatoms. The zero-order chi connectivity index (χ0) is 22.1. The van der Waals surface area contributed by atoms with Gasteiger partial charge in [-0.25, -0.2) is 4.79 Å². The molecule has 0 saturated carbocycles. The molecule has 2 rings (SSSR count). The number of benzene rings is 1. The van der Waals surface area contributed by atoms with E-state index in [-0.39, 0.29) is 37.3 Å². The molecule has 0 saturated heterocycles. The average molecular weight is 416 g/mol. The summed E-state index contributed by atoms with van der Waals surface area (Å²) in [5.74, 6) is -0.0246. The Bertz CT molecular complexity index is 882. The van der Waals surface area contributed by atoms with Crippen LogP contribution < -0.4 is 16.4 Å². The first-order chi connectivity index (χ1) is 14.2. The second-order valence-corrected chi connectivity index (χ2v) is 7.41. The number of nitrogen functional groups attached to an aromatic ring is 1. The third-order valence-corrected chi connectivity index (χ3v) is 3.70. The minimum Gasteiger partial charge on any atom is -0.457 e. The van der Waals surface area contributed by atoms with E-state index in [0.29, 0.717) is 0 Å². The summed E-state index contributed by atoms with van der Waals surface area (Å²) >= 11 is 0. The van der Waals surface area contributed by atoms with Crippen LogP contribution in [0.5, 0.6) is 0 Å². The number of esters is 1. The van der Waals surface area contributed by atoms with E-state index >= 15 is 0 Å². The number of nitrogens with zero attached hydrogens (tertiary/aromatic N) is 3. The van der Waals surface area contributed by atoms with E-state index in [0.717, 1.165) is 17.7 Å². The van der Waals surface area contributed by atoms with Crippen molar-refractivity contribution in [3.8, 4) is 0 Å². The van der Waals surface area contributed by atoms with Gasteiger partial charge in [-0.1, -0.05) is 25.1 Å². The molecule has 0 radical (unpaired) electrons. The smallest absolute Gasteiger partial charge is 0.407 e. The highest BCUT2D eigenvalue weighted by Gasteiger charge is 2.16. The van der Waals surface area contributed by atoms with Crippen LogP contribution in [0.2, 0.25) is 0 Å². The molecule has 30 heavy (non-hydrogen) atoms. The number of amides is 1. The summed E-state index contributed by atoms with van der Waals surface area (Å²) in [4.78, 5) is 35.8. The van der Waals surface area contributed by atoms with Crippen LogP contribution in [0, 0.1) is 0 Å². The summed E-state index contributed by atoms with van der Waals surface area (Å²) < 4.78 is 10.2. The predicted octanol–water partition coefficient (Wildman–Crippen LogP) is 2.72. The van der Waals surface area contributed by atoms with E-state index in [4.69, 9.17) is 15.2 Å². The number of para-hydroxylation sites is 1. The third kappa shape index (κ3) is 7.90. The highest BCUT2D eigenvalue weighted by atomic mass is 16.6. The molecular formula is C20H28N6O4. The van der Waals surface area contributed by atoms with Crippen molar-refractivity contribution in [2.75, 3.05) is 17.6 Å². The highest BCUT2D eigenvalue weighted by molar-refractivity contribution is 5.72. The number of anilines is 3. The zero-order valence-corrected chi connectivity index (χ0v) is 17.7. The maximum absolute atomic E-state index is 11.9. The second-order valence-electron chi connectivity index (χ2n) is 7.41. The molecular weight excluding hydrogens is 388 g/mol. The Hall–Kier alpha value is -3.43. The van der Waals surface area contributed by atoms with Crippen molar-refractivity contribution >= 4 is 29.6 Å². The minimum absolute atomic E-state index is 0.0131. The number of nitrogens with two attached hydrogens (primary N) is 1. The van der Waals surface area contributed by atoms with Crippen molar-refractivity contribution in [2.45, 2.75) is 52.7 Å². The molecule has 0 aliphatic heterocycles. The molecule has 1 amide bonds. The molecule has 0 aliphatic rings. The van der Waals surface area contributed by atoms with Gasteiger partial charge >= 0.3 is 12.1 Å². The maximum atomic E-state index is 11.9. The standard InChI is InChI=1S/C20H28N6O4/c1-5-13-8-6-7-9-14(13)23-18-25-15(24-17(21)26-18)12-29-16(27)10-11-22-19(28)30-20(2,3)4/h6-9H,5,10-12H2,1-4H3,(H,22,28)(H3,21,23,24,25,26). The monoisotopic (exact) mass is 416 g/mol. The van der Waals surface area contributed by atoms with Gasteiger partial charge in [-0.15, -0.1) is 0 Å². The first kappa shape index (κ1) is 22.9. The van der Waals surface area contributed by atoms with Crippen molar-refractivity contribution in [1.82, 2.24) is 20.3 Å². The summed E-state index contributed by atoms with van der Waals surface area (Å²) in [6.45, 7) is 7.24. The van der Waals surface area contributed by atoms with Crippen LogP contribution >= 0.6 is 0 Å². The van der Waals surface area contributed by atoms with Crippen molar-refractivity contribution in [3.63, 3.8) is 0 Å². The Labute approximate surface area is 175 Å². The van der Waals surface area contributed by atoms with E-state index in [9.17, 15) is 9.59 Å². The number of aryl methyl sites for hydroxylation is 1. The molecule has 0 unspecified atom stereocenters. The Morgan fingerprint density at radius 1 is 1.13 bits per heavy atom. The molecule has 0 aliphatic carbocycles. The van der Waals surface area contributed by atoms with Gasteiger partial charge < -0.3 is 25.8 Å². The van der Waals surface area contributed by atoms with Gasteiger partial charge in [0.25, 0.3) is 0 Å². The van der Waals surface area contributed by atoms with Gasteiger partial charge in [-0.2, -0.15) is 15.0 Å². The van der Waals surface area contributed by atoms with Gasteiger partial charge in [0.15, 0.2) is 12.4 Å². The van der Waals surface area contributed by atoms with Crippen LogP contribution in [0.1, 0.15) is 45.5 Å². The lowest BCUT2D eigenvalue weighted by molar-refractivity contribution is -0.145. The van der Waals surface area contributed by atoms with Gasteiger partial charge in [0.05, 0.1) is 6.42 Å². The number of carbonyl (C=O) groups excluding carboxylic acids is 2. The van der Waals surface area contributed by atoms with Crippen LogP contribution in [-0.4, -0.2) is 39.2 Å². The first-order valence-corrected chi connectivity index (χ1v) is 9.64.